The van der Waals surface area contributed by atoms with E-state index in [0.717, 1.165) is 10.5 Å². The molecule has 0 spiro atoms. The van der Waals surface area contributed by atoms with Crippen molar-refractivity contribution in [2.24, 2.45) is 0 Å². The molecule has 4 aromatic carbocycles. The predicted molar refractivity (Wildman–Crippen MR) is 136 cm³/mol. The number of oxazole rings is 1. The second-order valence-electron chi connectivity index (χ2n) is 8.61. The number of nitrogens with zero attached hydrogens (tertiary/aromatic N) is 2. The molecule has 0 fully saturated rings. The topological polar surface area (TPSA) is 110 Å². The van der Waals surface area contributed by atoms with Crippen molar-refractivity contribution in [3.05, 3.63) is 101 Å². The van der Waals surface area contributed by atoms with E-state index in [2.05, 4.69) is 4.98 Å². The molecule has 38 heavy (non-hydrogen) atoms. The van der Waals surface area contributed by atoms with E-state index in [4.69, 9.17) is 9.15 Å². The highest BCUT2D eigenvalue weighted by Crippen LogP contribution is 2.39. The Hall–Kier alpha value is -5.31. The first-order valence-corrected chi connectivity index (χ1v) is 11.4. The molecule has 1 aromatic heterocycles. The van der Waals surface area contributed by atoms with Gasteiger partial charge in [0.25, 0.3) is 11.8 Å². The van der Waals surface area contributed by atoms with Crippen molar-refractivity contribution in [2.75, 3.05) is 12.0 Å². The van der Waals surface area contributed by atoms with E-state index in [1.54, 1.807) is 48.5 Å². The van der Waals surface area contributed by atoms with Crippen LogP contribution in [0.4, 0.5) is 10.1 Å². The summed E-state index contributed by atoms with van der Waals surface area (Å²) < 4.78 is 25.0. The Labute approximate surface area is 214 Å². The van der Waals surface area contributed by atoms with E-state index in [1.807, 2.05) is 0 Å². The number of carbonyl (C=O) groups is 3. The van der Waals surface area contributed by atoms with Crippen LogP contribution < -0.4 is 9.64 Å². The number of methoxy groups -OCH3 is 1. The van der Waals surface area contributed by atoms with Crippen LogP contribution in [0, 0.1) is 5.82 Å². The summed E-state index contributed by atoms with van der Waals surface area (Å²) in [6.45, 7) is 0. The van der Waals surface area contributed by atoms with Crippen molar-refractivity contribution in [3.63, 3.8) is 0 Å². The third-order valence-corrected chi connectivity index (χ3v) is 6.35. The SMILES string of the molecule is COc1ccc(-c2nc3cc(-c4cccc(F)c4)ccc3o2)cc1N1C(=O)c2ccc(C(=O)O)cc2C1=O. The number of aromatic nitrogens is 1. The van der Waals surface area contributed by atoms with E-state index in [1.165, 1.54) is 37.4 Å². The van der Waals surface area contributed by atoms with Crippen molar-refractivity contribution < 1.29 is 33.0 Å². The first kappa shape index (κ1) is 23.1. The average Bonchev–Trinajstić information content (AvgIpc) is 3.46. The van der Waals surface area contributed by atoms with Crippen LogP contribution in [0.15, 0.2) is 83.3 Å². The van der Waals surface area contributed by atoms with Crippen molar-refractivity contribution in [1.82, 2.24) is 4.98 Å². The summed E-state index contributed by atoms with van der Waals surface area (Å²) >= 11 is 0. The molecule has 0 saturated carbocycles. The molecule has 0 saturated heterocycles. The maximum atomic E-state index is 13.7. The van der Waals surface area contributed by atoms with Crippen molar-refractivity contribution in [3.8, 4) is 28.3 Å². The van der Waals surface area contributed by atoms with Gasteiger partial charge in [0.15, 0.2) is 5.58 Å². The maximum Gasteiger partial charge on any atom is 0.335 e. The Morgan fingerprint density at radius 2 is 1.66 bits per heavy atom. The molecule has 2 amide bonds. The number of imide groups is 1. The van der Waals surface area contributed by atoms with Crippen LogP contribution in [0.2, 0.25) is 0 Å². The molecule has 0 unspecified atom stereocenters. The Bertz CT molecular complexity index is 1810. The summed E-state index contributed by atoms with van der Waals surface area (Å²) in [4.78, 5) is 43.3. The van der Waals surface area contributed by atoms with Gasteiger partial charge in [-0.3, -0.25) is 9.59 Å². The van der Waals surface area contributed by atoms with E-state index < -0.39 is 17.8 Å². The fourth-order valence-electron chi connectivity index (χ4n) is 4.49. The third kappa shape index (κ3) is 3.68. The lowest BCUT2D eigenvalue weighted by molar-refractivity contribution is 0.0696. The minimum Gasteiger partial charge on any atom is -0.495 e. The number of carbonyl (C=O) groups excluding carboxylic acids is 2. The van der Waals surface area contributed by atoms with Crippen LogP contribution >= 0.6 is 0 Å². The van der Waals surface area contributed by atoms with Crippen molar-refractivity contribution in [2.45, 2.75) is 0 Å². The molecule has 1 aliphatic heterocycles. The molecule has 5 aromatic rings. The van der Waals surface area contributed by atoms with Gasteiger partial charge in [-0.25, -0.2) is 19.1 Å². The first-order chi connectivity index (χ1) is 18.3. The standard InChI is InChI=1S/C29H17FN2O6/c1-37-25-10-7-17(14-23(25)32-27(33)20-8-5-18(29(35)36)12-21(20)28(32)34)26-31-22-13-16(6-9-24(22)38-26)15-3-2-4-19(30)11-15/h2-14H,1H3,(H,35,36). The number of aromatic carboxylic acids is 1. The Kier molecular flexibility index (Phi) is 5.27. The Balaban J connectivity index is 1.41. The lowest BCUT2D eigenvalue weighted by atomic mass is 10.1. The van der Waals surface area contributed by atoms with Gasteiger partial charge in [-0.05, 0) is 71.8 Å². The molecule has 0 bridgehead atoms. The molecule has 0 aliphatic carbocycles. The highest BCUT2D eigenvalue weighted by atomic mass is 19.1. The highest BCUT2D eigenvalue weighted by molar-refractivity contribution is 6.35. The van der Waals surface area contributed by atoms with Gasteiger partial charge in [0.1, 0.15) is 17.1 Å². The first-order valence-electron chi connectivity index (χ1n) is 11.4. The highest BCUT2D eigenvalue weighted by Gasteiger charge is 2.39. The van der Waals surface area contributed by atoms with Crippen LogP contribution in [0.1, 0.15) is 31.1 Å². The summed E-state index contributed by atoms with van der Waals surface area (Å²) in [5.74, 6) is -2.32. The van der Waals surface area contributed by atoms with Gasteiger partial charge in [0.05, 0.1) is 29.5 Å². The number of hydrogen-bond donors (Lipinski definition) is 1. The third-order valence-electron chi connectivity index (χ3n) is 6.35. The van der Waals surface area contributed by atoms with Crippen LogP contribution in [-0.2, 0) is 0 Å². The van der Waals surface area contributed by atoms with Crippen molar-refractivity contribution in [1.29, 1.82) is 0 Å². The summed E-state index contributed by atoms with van der Waals surface area (Å²) in [6.07, 6.45) is 0. The molecule has 1 N–H and O–H groups in total. The Morgan fingerprint density at radius 3 is 2.42 bits per heavy atom. The van der Waals surface area contributed by atoms with Gasteiger partial charge >= 0.3 is 5.97 Å². The lowest BCUT2D eigenvalue weighted by Crippen LogP contribution is -2.29. The molecular weight excluding hydrogens is 491 g/mol. The minimum absolute atomic E-state index is 0.00547. The summed E-state index contributed by atoms with van der Waals surface area (Å²) in [6, 6.07) is 20.2. The second-order valence-corrected chi connectivity index (χ2v) is 8.61. The fourth-order valence-corrected chi connectivity index (χ4v) is 4.49. The van der Waals surface area contributed by atoms with Crippen LogP contribution in [0.5, 0.6) is 5.75 Å². The number of halogens is 1. The largest absolute Gasteiger partial charge is 0.495 e. The van der Waals surface area contributed by atoms with E-state index in [0.29, 0.717) is 22.2 Å². The normalized spacial score (nSPS) is 12.7. The Morgan fingerprint density at radius 1 is 0.895 bits per heavy atom. The smallest absolute Gasteiger partial charge is 0.335 e. The molecule has 6 rings (SSSR count). The number of ether oxygens (including phenoxy) is 1. The number of fused-ring (bicyclic) bond motifs is 2. The number of anilines is 1. The quantitative estimate of drug-likeness (QED) is 0.298. The second kappa shape index (κ2) is 8.67. The number of amides is 2. The monoisotopic (exact) mass is 508 g/mol. The molecular formula is C29H17FN2O6. The number of rotatable bonds is 5. The van der Waals surface area contributed by atoms with Gasteiger partial charge in [0.2, 0.25) is 5.89 Å². The van der Waals surface area contributed by atoms with Gasteiger partial charge in [-0.15, -0.1) is 0 Å². The van der Waals surface area contributed by atoms with Gasteiger partial charge in [-0.2, -0.15) is 0 Å². The molecule has 186 valence electrons. The molecule has 1 aliphatic rings. The predicted octanol–water partition coefficient (Wildman–Crippen LogP) is 5.81. The van der Waals surface area contributed by atoms with Crippen LogP contribution in [0.3, 0.4) is 0 Å². The summed E-state index contributed by atoms with van der Waals surface area (Å²) in [7, 11) is 1.41. The molecule has 0 radical (unpaired) electrons. The maximum absolute atomic E-state index is 13.7. The number of hydrogen-bond acceptors (Lipinski definition) is 6. The zero-order valence-electron chi connectivity index (χ0n) is 19.8. The zero-order chi connectivity index (χ0) is 26.6. The summed E-state index contributed by atoms with van der Waals surface area (Å²) in [5.41, 5.74) is 3.13. The van der Waals surface area contributed by atoms with E-state index >= 15 is 0 Å². The molecule has 8 nitrogen and oxygen atoms in total. The zero-order valence-corrected chi connectivity index (χ0v) is 19.8. The van der Waals surface area contributed by atoms with Gasteiger partial charge in [0, 0.05) is 5.56 Å². The van der Waals surface area contributed by atoms with E-state index in [9.17, 15) is 23.9 Å². The lowest BCUT2D eigenvalue weighted by Gasteiger charge is -2.18. The number of benzene rings is 4. The number of carboxylic acid groups (broad SMARTS) is 1. The van der Waals surface area contributed by atoms with Gasteiger partial charge in [-0.1, -0.05) is 18.2 Å². The summed E-state index contributed by atoms with van der Waals surface area (Å²) in [5, 5.41) is 9.29. The molecule has 9 heteroatoms. The van der Waals surface area contributed by atoms with E-state index in [-0.39, 0.29) is 39.8 Å². The molecule has 2 heterocycles. The van der Waals surface area contributed by atoms with Gasteiger partial charge < -0.3 is 14.3 Å². The average molecular weight is 508 g/mol. The number of carboxylic acids is 1. The van der Waals surface area contributed by atoms with Crippen molar-refractivity contribution >= 4 is 34.6 Å². The molecule has 0 atom stereocenters. The fraction of sp³-hybridized carbons (Fsp3) is 0.0345. The van der Waals surface area contributed by atoms with Crippen LogP contribution in [-0.4, -0.2) is 35.0 Å². The van der Waals surface area contributed by atoms with Crippen LogP contribution in [0.25, 0.3) is 33.7 Å². The minimum atomic E-state index is -1.21.